The lowest BCUT2D eigenvalue weighted by Crippen LogP contribution is -2.24. The van der Waals surface area contributed by atoms with Gasteiger partial charge in [-0.15, -0.1) is 0 Å². The Labute approximate surface area is 135 Å². The van der Waals surface area contributed by atoms with Gasteiger partial charge in [0.05, 0.1) is 7.11 Å². The number of rotatable bonds is 11. The molecule has 5 heteroatoms. The van der Waals surface area contributed by atoms with Crippen molar-refractivity contribution in [3.8, 4) is 5.88 Å². The van der Waals surface area contributed by atoms with Gasteiger partial charge in [-0.2, -0.15) is 4.98 Å². The highest BCUT2D eigenvalue weighted by Gasteiger charge is 2.07. The molecule has 0 fully saturated rings. The summed E-state index contributed by atoms with van der Waals surface area (Å²) < 4.78 is 5.27. The first-order valence-electron chi connectivity index (χ1n) is 8.47. The average Bonchev–Trinajstić information content (AvgIpc) is 2.50. The highest BCUT2D eigenvalue weighted by Crippen LogP contribution is 2.15. The topological polar surface area (TPSA) is 50.3 Å². The zero-order valence-electron chi connectivity index (χ0n) is 14.9. The van der Waals surface area contributed by atoms with Gasteiger partial charge in [0.1, 0.15) is 11.6 Å². The molecule has 0 unspecified atom stereocenters. The molecule has 0 aliphatic carbocycles. The molecule has 1 aromatic heterocycles. The summed E-state index contributed by atoms with van der Waals surface area (Å²) in [4.78, 5) is 11.4. The fraction of sp³-hybridized carbons (Fsp3) is 0.765. The van der Waals surface area contributed by atoms with Crippen molar-refractivity contribution in [3.63, 3.8) is 0 Å². The van der Waals surface area contributed by atoms with E-state index in [1.54, 1.807) is 7.11 Å². The number of nitrogens with zero attached hydrogens (tertiary/aromatic N) is 3. The number of methoxy groups -OCH3 is 1. The van der Waals surface area contributed by atoms with Crippen LogP contribution >= 0.6 is 0 Å². The number of unbranched alkanes of at least 4 members (excludes halogenated alkanes) is 1. The predicted molar refractivity (Wildman–Crippen MR) is 92.6 cm³/mol. The lowest BCUT2D eigenvalue weighted by molar-refractivity contribution is 0.298. The Kier molecular flexibility index (Phi) is 8.82. The van der Waals surface area contributed by atoms with E-state index < -0.39 is 0 Å². The van der Waals surface area contributed by atoms with Crippen molar-refractivity contribution in [1.29, 1.82) is 0 Å². The smallest absolute Gasteiger partial charge is 0.218 e. The first kappa shape index (κ1) is 18.7. The lowest BCUT2D eigenvalue weighted by Gasteiger charge is -2.17. The quantitative estimate of drug-likeness (QED) is 0.636. The summed E-state index contributed by atoms with van der Waals surface area (Å²) in [6, 6.07) is 1.87. The van der Waals surface area contributed by atoms with Gasteiger partial charge in [-0.05, 0) is 38.4 Å². The number of ether oxygens (including phenoxy) is 1. The Balaban J connectivity index is 2.44. The van der Waals surface area contributed by atoms with Gasteiger partial charge in [0, 0.05) is 19.0 Å². The van der Waals surface area contributed by atoms with Gasteiger partial charge in [-0.1, -0.05) is 27.7 Å². The van der Waals surface area contributed by atoms with Gasteiger partial charge in [0.2, 0.25) is 5.88 Å². The number of aromatic nitrogens is 2. The molecule has 1 N–H and O–H groups in total. The number of hydrogen-bond acceptors (Lipinski definition) is 5. The number of anilines is 1. The molecule has 0 amide bonds. The van der Waals surface area contributed by atoms with E-state index in [0.717, 1.165) is 44.1 Å². The molecule has 1 heterocycles. The van der Waals surface area contributed by atoms with Crippen LogP contribution in [0.25, 0.3) is 0 Å². The molecule has 0 aliphatic heterocycles. The third kappa shape index (κ3) is 7.07. The van der Waals surface area contributed by atoms with Gasteiger partial charge in [-0.3, -0.25) is 0 Å². The van der Waals surface area contributed by atoms with Crippen LogP contribution in [0.2, 0.25) is 0 Å². The van der Waals surface area contributed by atoms with E-state index in [1.807, 2.05) is 6.07 Å². The Hall–Kier alpha value is -1.36. The van der Waals surface area contributed by atoms with Gasteiger partial charge >= 0.3 is 0 Å². The fourth-order valence-electron chi connectivity index (χ4n) is 2.34. The van der Waals surface area contributed by atoms with Crippen LogP contribution in [0.5, 0.6) is 5.88 Å². The lowest BCUT2D eigenvalue weighted by atomic mass is 10.1. The molecule has 0 saturated heterocycles. The van der Waals surface area contributed by atoms with Crippen LogP contribution in [0.15, 0.2) is 6.07 Å². The number of nitrogens with one attached hydrogen (secondary N) is 1. The standard InChI is InChI=1S/C17H32N4O/c1-6-21(7-2)11-9-8-10-18-15-13-17(22-5)20-16(19-15)12-14(3)4/h13-14H,6-12H2,1-5H3,(H,18,19,20). The van der Waals surface area contributed by atoms with Gasteiger partial charge in [0.15, 0.2) is 0 Å². The van der Waals surface area contributed by atoms with Crippen molar-refractivity contribution in [2.75, 3.05) is 38.6 Å². The summed E-state index contributed by atoms with van der Waals surface area (Å²) in [5.41, 5.74) is 0. The molecule has 0 aliphatic rings. The van der Waals surface area contributed by atoms with E-state index in [2.05, 4.69) is 47.9 Å². The minimum absolute atomic E-state index is 0.536. The molecule has 1 aromatic rings. The molecular formula is C17H32N4O. The van der Waals surface area contributed by atoms with E-state index in [0.29, 0.717) is 11.8 Å². The van der Waals surface area contributed by atoms with Crippen LogP contribution < -0.4 is 10.1 Å². The normalized spacial score (nSPS) is 11.2. The molecule has 5 nitrogen and oxygen atoms in total. The molecule has 126 valence electrons. The monoisotopic (exact) mass is 308 g/mol. The van der Waals surface area contributed by atoms with Crippen LogP contribution in [0.4, 0.5) is 5.82 Å². The minimum Gasteiger partial charge on any atom is -0.481 e. The fourth-order valence-corrected chi connectivity index (χ4v) is 2.34. The molecular weight excluding hydrogens is 276 g/mol. The van der Waals surface area contributed by atoms with E-state index in [-0.39, 0.29) is 0 Å². The van der Waals surface area contributed by atoms with Gasteiger partial charge in [-0.25, -0.2) is 4.98 Å². The summed E-state index contributed by atoms with van der Waals surface area (Å²) in [7, 11) is 1.65. The SMILES string of the molecule is CCN(CC)CCCCNc1cc(OC)nc(CC(C)C)n1. The van der Waals surface area contributed by atoms with E-state index >= 15 is 0 Å². The van der Waals surface area contributed by atoms with Crippen molar-refractivity contribution < 1.29 is 4.74 Å². The molecule has 1 rings (SSSR count). The molecule has 0 spiro atoms. The second kappa shape index (κ2) is 10.4. The summed E-state index contributed by atoms with van der Waals surface area (Å²) in [5.74, 6) is 2.88. The highest BCUT2D eigenvalue weighted by molar-refractivity contribution is 5.38. The first-order valence-corrected chi connectivity index (χ1v) is 8.47. The summed E-state index contributed by atoms with van der Waals surface area (Å²) in [5, 5.41) is 3.39. The minimum atomic E-state index is 0.536. The Bertz CT molecular complexity index is 419. The zero-order valence-corrected chi connectivity index (χ0v) is 14.9. The van der Waals surface area contributed by atoms with Crippen LogP contribution in [-0.4, -0.2) is 48.2 Å². The van der Waals surface area contributed by atoms with Crippen LogP contribution in [0.1, 0.15) is 46.4 Å². The van der Waals surface area contributed by atoms with Crippen molar-refractivity contribution in [2.45, 2.75) is 47.0 Å². The first-order chi connectivity index (χ1) is 10.6. The van der Waals surface area contributed by atoms with Crippen molar-refractivity contribution in [3.05, 3.63) is 11.9 Å². The highest BCUT2D eigenvalue weighted by atomic mass is 16.5. The zero-order chi connectivity index (χ0) is 16.4. The maximum atomic E-state index is 5.27. The molecule has 0 radical (unpaired) electrons. The second-order valence-electron chi connectivity index (χ2n) is 5.97. The van der Waals surface area contributed by atoms with E-state index in [9.17, 15) is 0 Å². The predicted octanol–water partition coefficient (Wildman–Crippen LogP) is 3.22. The molecule has 0 saturated carbocycles. The second-order valence-corrected chi connectivity index (χ2v) is 5.97. The third-order valence-electron chi connectivity index (χ3n) is 3.65. The number of hydrogen-bond donors (Lipinski definition) is 1. The van der Waals surface area contributed by atoms with Gasteiger partial charge < -0.3 is 15.0 Å². The van der Waals surface area contributed by atoms with Crippen molar-refractivity contribution in [1.82, 2.24) is 14.9 Å². The van der Waals surface area contributed by atoms with E-state index in [1.165, 1.54) is 13.0 Å². The molecule has 0 aromatic carbocycles. The van der Waals surface area contributed by atoms with E-state index in [4.69, 9.17) is 4.74 Å². The van der Waals surface area contributed by atoms with Crippen LogP contribution in [0, 0.1) is 5.92 Å². The van der Waals surface area contributed by atoms with Crippen LogP contribution in [-0.2, 0) is 6.42 Å². The molecule has 22 heavy (non-hydrogen) atoms. The molecule has 0 atom stereocenters. The summed E-state index contributed by atoms with van der Waals surface area (Å²) >= 11 is 0. The van der Waals surface area contributed by atoms with Crippen molar-refractivity contribution >= 4 is 5.82 Å². The molecule has 0 bridgehead atoms. The third-order valence-corrected chi connectivity index (χ3v) is 3.65. The summed E-state index contributed by atoms with van der Waals surface area (Å²) in [6.45, 7) is 13.1. The maximum absolute atomic E-state index is 5.27. The average molecular weight is 308 g/mol. The Morgan fingerprint density at radius 3 is 2.50 bits per heavy atom. The Morgan fingerprint density at radius 1 is 1.18 bits per heavy atom. The Morgan fingerprint density at radius 2 is 1.91 bits per heavy atom. The maximum Gasteiger partial charge on any atom is 0.218 e. The van der Waals surface area contributed by atoms with Crippen LogP contribution in [0.3, 0.4) is 0 Å². The largest absolute Gasteiger partial charge is 0.481 e. The van der Waals surface area contributed by atoms with Gasteiger partial charge in [0.25, 0.3) is 0 Å². The van der Waals surface area contributed by atoms with Crippen molar-refractivity contribution in [2.24, 2.45) is 5.92 Å². The summed E-state index contributed by atoms with van der Waals surface area (Å²) in [6.07, 6.45) is 3.21.